The van der Waals surface area contributed by atoms with Gasteiger partial charge in [0.15, 0.2) is 0 Å². The molecule has 0 radical (unpaired) electrons. The van der Waals surface area contributed by atoms with Crippen LogP contribution in [0.1, 0.15) is 26.3 Å². The molecule has 3 rings (SSSR count). The van der Waals surface area contributed by atoms with E-state index in [0.717, 1.165) is 16.5 Å². The van der Waals surface area contributed by atoms with Gasteiger partial charge in [-0.3, -0.25) is 14.3 Å². The van der Waals surface area contributed by atoms with Gasteiger partial charge in [0.25, 0.3) is 0 Å². The van der Waals surface area contributed by atoms with Crippen LogP contribution in [0, 0.1) is 5.92 Å². The second kappa shape index (κ2) is 9.86. The number of anilines is 2. The molecule has 1 heterocycles. The molecule has 4 N–H and O–H groups in total. The van der Waals surface area contributed by atoms with Gasteiger partial charge in [0.05, 0.1) is 5.75 Å². The summed E-state index contributed by atoms with van der Waals surface area (Å²) in [7, 11) is -3.38. The zero-order valence-electron chi connectivity index (χ0n) is 18.3. The molecule has 3 aromatic rings. The van der Waals surface area contributed by atoms with Gasteiger partial charge in [-0.05, 0) is 42.8 Å². The average Bonchev–Trinajstić information content (AvgIpc) is 3.17. The molecule has 2 amide bonds. The number of benzene rings is 2. The second-order valence-electron chi connectivity index (χ2n) is 7.85. The highest BCUT2D eigenvalue weighted by molar-refractivity contribution is 7.92. The highest BCUT2D eigenvalue weighted by Crippen LogP contribution is 2.20. The number of hydrogen-bond donors (Lipinski definition) is 4. The Morgan fingerprint density at radius 1 is 0.969 bits per heavy atom. The maximum atomic E-state index is 13.0. The van der Waals surface area contributed by atoms with E-state index in [1.165, 1.54) is 0 Å². The smallest absolute Gasteiger partial charge is 0.247 e. The lowest BCUT2D eigenvalue weighted by Gasteiger charge is -2.20. The number of carbonyl (C=O) groups excluding carboxylic acids is 2. The van der Waals surface area contributed by atoms with E-state index in [2.05, 4.69) is 20.3 Å². The first kappa shape index (κ1) is 23.3. The van der Waals surface area contributed by atoms with E-state index in [4.69, 9.17) is 0 Å². The summed E-state index contributed by atoms with van der Waals surface area (Å²) >= 11 is 0. The molecule has 32 heavy (non-hydrogen) atoms. The normalized spacial score (nSPS) is 12.5. The van der Waals surface area contributed by atoms with Gasteiger partial charge in [-0.2, -0.15) is 0 Å². The molecule has 8 nitrogen and oxygen atoms in total. The molecule has 0 aliphatic rings. The third kappa shape index (κ3) is 5.88. The predicted molar refractivity (Wildman–Crippen MR) is 127 cm³/mol. The molecule has 0 saturated heterocycles. The summed E-state index contributed by atoms with van der Waals surface area (Å²) in [6, 6.07) is 13.4. The number of hydrogen-bond acceptors (Lipinski definition) is 4. The monoisotopic (exact) mass is 456 g/mol. The Hall–Kier alpha value is -3.33. The summed E-state index contributed by atoms with van der Waals surface area (Å²) < 4.78 is 25.9. The van der Waals surface area contributed by atoms with E-state index in [9.17, 15) is 18.0 Å². The van der Waals surface area contributed by atoms with Crippen molar-refractivity contribution >= 4 is 44.1 Å². The van der Waals surface area contributed by atoms with Crippen LogP contribution in [0.25, 0.3) is 10.9 Å². The molecule has 9 heteroatoms. The van der Waals surface area contributed by atoms with E-state index in [0.29, 0.717) is 17.8 Å². The molecule has 0 saturated carbocycles. The van der Waals surface area contributed by atoms with Crippen LogP contribution in [0.2, 0.25) is 0 Å². The standard InChI is InChI=1S/C23H28N4O4S/c1-4-32(30,31)27-18-11-9-17(10-12-18)25-23(29)21(26-22(28)15(2)3)13-16-14-24-20-8-6-5-7-19(16)20/h5-12,14-15,21,24,27H,4,13H2,1-3H3,(H,25,29)(H,26,28). The summed E-state index contributed by atoms with van der Waals surface area (Å²) in [6.45, 7) is 5.09. The van der Waals surface area contributed by atoms with Crippen molar-refractivity contribution in [1.29, 1.82) is 0 Å². The Morgan fingerprint density at radius 3 is 2.28 bits per heavy atom. The summed E-state index contributed by atoms with van der Waals surface area (Å²) in [5.41, 5.74) is 2.79. The van der Waals surface area contributed by atoms with Gasteiger partial charge in [-0.25, -0.2) is 8.42 Å². The number of rotatable bonds is 9. The number of fused-ring (bicyclic) bond motifs is 1. The molecule has 0 aliphatic carbocycles. The van der Waals surface area contributed by atoms with E-state index >= 15 is 0 Å². The molecule has 1 aromatic heterocycles. The highest BCUT2D eigenvalue weighted by atomic mass is 32.2. The Labute approximate surface area is 187 Å². The second-order valence-corrected chi connectivity index (χ2v) is 9.86. The van der Waals surface area contributed by atoms with Crippen LogP contribution in [0.3, 0.4) is 0 Å². The molecule has 1 unspecified atom stereocenters. The van der Waals surface area contributed by atoms with Crippen molar-refractivity contribution in [1.82, 2.24) is 10.3 Å². The Kier molecular flexibility index (Phi) is 7.19. The number of aromatic amines is 1. The maximum absolute atomic E-state index is 13.0. The molecule has 2 aromatic carbocycles. The SMILES string of the molecule is CCS(=O)(=O)Nc1ccc(NC(=O)C(Cc2c[nH]c3ccccc23)NC(=O)C(C)C)cc1. The van der Waals surface area contributed by atoms with Crippen LogP contribution in [-0.2, 0) is 26.0 Å². The van der Waals surface area contributed by atoms with Crippen LogP contribution in [-0.4, -0.2) is 37.0 Å². The molecule has 0 spiro atoms. The van der Waals surface area contributed by atoms with Crippen LogP contribution in [0.4, 0.5) is 11.4 Å². The van der Waals surface area contributed by atoms with Gasteiger partial charge in [0.2, 0.25) is 21.8 Å². The van der Waals surface area contributed by atoms with Gasteiger partial charge in [0.1, 0.15) is 6.04 Å². The molecule has 0 bridgehead atoms. The van der Waals surface area contributed by atoms with Crippen molar-refractivity contribution in [2.24, 2.45) is 5.92 Å². The number of aromatic nitrogens is 1. The van der Waals surface area contributed by atoms with Crippen LogP contribution < -0.4 is 15.4 Å². The highest BCUT2D eigenvalue weighted by Gasteiger charge is 2.24. The first-order valence-electron chi connectivity index (χ1n) is 10.5. The van der Waals surface area contributed by atoms with Crippen LogP contribution in [0.5, 0.6) is 0 Å². The number of amides is 2. The third-order valence-corrected chi connectivity index (χ3v) is 6.37. The number of para-hydroxylation sites is 1. The summed E-state index contributed by atoms with van der Waals surface area (Å²) in [6.07, 6.45) is 2.17. The quantitative estimate of drug-likeness (QED) is 0.395. The van der Waals surface area contributed by atoms with Crippen molar-refractivity contribution in [2.45, 2.75) is 33.2 Å². The largest absolute Gasteiger partial charge is 0.361 e. The van der Waals surface area contributed by atoms with Crippen molar-refractivity contribution in [2.75, 3.05) is 15.8 Å². The lowest BCUT2D eigenvalue weighted by molar-refractivity contribution is -0.128. The molecular weight excluding hydrogens is 428 g/mol. The lowest BCUT2D eigenvalue weighted by Crippen LogP contribution is -2.46. The number of carbonyl (C=O) groups is 2. The zero-order valence-corrected chi connectivity index (χ0v) is 19.1. The van der Waals surface area contributed by atoms with Crippen molar-refractivity contribution < 1.29 is 18.0 Å². The zero-order chi connectivity index (χ0) is 23.3. The molecule has 0 aliphatic heterocycles. The fourth-order valence-electron chi connectivity index (χ4n) is 3.17. The van der Waals surface area contributed by atoms with Gasteiger partial charge < -0.3 is 15.6 Å². The molecule has 0 fully saturated rings. The van der Waals surface area contributed by atoms with Crippen LogP contribution in [0.15, 0.2) is 54.7 Å². The Bertz CT molecular complexity index is 1200. The Balaban J connectivity index is 1.77. The number of H-pyrrole nitrogens is 1. The molecule has 1 atom stereocenters. The summed E-state index contributed by atoms with van der Waals surface area (Å²) in [5.74, 6) is -0.865. The number of nitrogens with one attached hydrogen (secondary N) is 4. The van der Waals surface area contributed by atoms with Gasteiger partial charge in [-0.15, -0.1) is 0 Å². The molecular formula is C23H28N4O4S. The Morgan fingerprint density at radius 2 is 1.62 bits per heavy atom. The average molecular weight is 457 g/mol. The van der Waals surface area contributed by atoms with E-state index in [-0.39, 0.29) is 23.5 Å². The van der Waals surface area contributed by atoms with E-state index in [1.807, 2.05) is 30.5 Å². The summed E-state index contributed by atoms with van der Waals surface area (Å²) in [5, 5.41) is 6.64. The van der Waals surface area contributed by atoms with Gasteiger partial charge in [0, 0.05) is 40.8 Å². The fourth-order valence-corrected chi connectivity index (χ4v) is 3.81. The maximum Gasteiger partial charge on any atom is 0.247 e. The number of sulfonamides is 1. The minimum absolute atomic E-state index is 0.0312. The van der Waals surface area contributed by atoms with E-state index in [1.54, 1.807) is 45.0 Å². The van der Waals surface area contributed by atoms with Crippen molar-refractivity contribution in [3.05, 3.63) is 60.3 Å². The van der Waals surface area contributed by atoms with Crippen molar-refractivity contribution in [3.63, 3.8) is 0 Å². The lowest BCUT2D eigenvalue weighted by atomic mass is 10.0. The predicted octanol–water partition coefficient (Wildman–Crippen LogP) is 3.25. The van der Waals surface area contributed by atoms with Gasteiger partial charge in [-0.1, -0.05) is 32.0 Å². The fraction of sp³-hybridized carbons (Fsp3) is 0.304. The van der Waals surface area contributed by atoms with Crippen molar-refractivity contribution in [3.8, 4) is 0 Å². The minimum atomic E-state index is -3.38. The van der Waals surface area contributed by atoms with E-state index < -0.39 is 16.1 Å². The first-order valence-corrected chi connectivity index (χ1v) is 12.1. The van der Waals surface area contributed by atoms with Crippen LogP contribution >= 0.6 is 0 Å². The minimum Gasteiger partial charge on any atom is -0.361 e. The first-order chi connectivity index (χ1) is 15.2. The topological polar surface area (TPSA) is 120 Å². The third-order valence-electron chi connectivity index (χ3n) is 5.06. The van der Waals surface area contributed by atoms with Gasteiger partial charge >= 0.3 is 0 Å². The molecule has 170 valence electrons. The summed E-state index contributed by atoms with van der Waals surface area (Å²) in [4.78, 5) is 28.6.